The van der Waals surface area contributed by atoms with Crippen LogP contribution in [0.25, 0.3) is 0 Å². The molecule has 0 radical (unpaired) electrons. The van der Waals surface area contributed by atoms with Crippen molar-refractivity contribution in [1.82, 2.24) is 35.1 Å². The fraction of sp³-hybridized carbons (Fsp3) is 0.442. The molecule has 4 aliphatic rings. The van der Waals surface area contributed by atoms with Gasteiger partial charge in [-0.25, -0.2) is 42.3 Å². The topological polar surface area (TPSA) is 181 Å². The summed E-state index contributed by atoms with van der Waals surface area (Å²) in [4.78, 5) is 65.2. The van der Waals surface area contributed by atoms with Gasteiger partial charge in [-0.05, 0) is 65.6 Å². The van der Waals surface area contributed by atoms with E-state index in [4.69, 9.17) is 19.9 Å². The molecule has 5 aromatic rings. The molecule has 3 N–H and O–H groups in total. The summed E-state index contributed by atoms with van der Waals surface area (Å²) in [5.74, 6) is -2.95. The van der Waals surface area contributed by atoms with Gasteiger partial charge in [0, 0.05) is 50.0 Å². The lowest BCUT2D eigenvalue weighted by Crippen LogP contribution is -2.58. The van der Waals surface area contributed by atoms with E-state index in [9.17, 15) is 31.9 Å². The highest BCUT2D eigenvalue weighted by Crippen LogP contribution is 2.39. The molecule has 0 spiro atoms. The standard InChI is InChI=1S/C30H33F2N5O4.C22H27F2N5O2/c1-30(2,3)26(35-29(39)40-18-19-8-5-4-6-9-19)27(38)36-15-12-23-25(36)24(17-37(23)28-33-13-7-14-34-28)41-20-10-11-21(31)22(32)16-20;1-22(2,3)19(25)20(30)28-10-7-16-18(28)17(12-29(16)21-26-8-4-9-27-21)31-13-5-6-14(23)15(24)11-13/h4-11,13-14,16,23-26H,12,15,17-18H2,1-3H3,(H,35,39);4-6,8-9,11,16-19H,7,10,12,25H2,1-3H3/t23-,24+,25+,26-;16-,17+,18+,19-/m11/s1. The molecule has 3 amide bonds. The predicted molar refractivity (Wildman–Crippen MR) is 259 cm³/mol. The first kappa shape index (κ1) is 51.3. The fourth-order valence-corrected chi connectivity index (χ4v) is 9.81. The van der Waals surface area contributed by atoms with Crippen LogP contribution in [0.2, 0.25) is 0 Å². The molecule has 3 aromatic carbocycles. The highest BCUT2D eigenvalue weighted by atomic mass is 19.2. The maximum absolute atomic E-state index is 14.1. The highest BCUT2D eigenvalue weighted by Gasteiger charge is 2.55. The number of nitrogens with two attached hydrogens (primary N) is 1. The lowest BCUT2D eigenvalue weighted by molar-refractivity contribution is -0.138. The highest BCUT2D eigenvalue weighted by molar-refractivity contribution is 5.87. The molecule has 4 aliphatic heterocycles. The number of rotatable bonds is 11. The first-order chi connectivity index (χ1) is 34.3. The zero-order valence-electron chi connectivity index (χ0n) is 41.0. The Morgan fingerprint density at radius 2 is 1.10 bits per heavy atom. The summed E-state index contributed by atoms with van der Waals surface area (Å²) in [5, 5.41) is 2.78. The van der Waals surface area contributed by atoms with E-state index in [1.54, 1.807) is 46.7 Å². The van der Waals surface area contributed by atoms with E-state index in [0.29, 0.717) is 50.9 Å². The van der Waals surface area contributed by atoms with E-state index in [1.165, 1.54) is 12.1 Å². The summed E-state index contributed by atoms with van der Waals surface area (Å²) >= 11 is 0. The second-order valence-corrected chi connectivity index (χ2v) is 20.5. The first-order valence-corrected chi connectivity index (χ1v) is 23.9. The number of fused-ring (bicyclic) bond motifs is 2. The predicted octanol–water partition coefficient (Wildman–Crippen LogP) is 6.70. The summed E-state index contributed by atoms with van der Waals surface area (Å²) in [5.41, 5.74) is 6.07. The molecule has 0 bridgehead atoms. The second kappa shape index (κ2) is 21.3. The minimum atomic E-state index is -1.02. The smallest absolute Gasteiger partial charge is 0.408 e. The molecule has 20 heteroatoms. The molecule has 16 nitrogen and oxygen atoms in total. The summed E-state index contributed by atoms with van der Waals surface area (Å²) in [6.07, 6.45) is 6.16. The number of halogens is 4. The molecule has 9 rings (SSSR count). The van der Waals surface area contributed by atoms with Gasteiger partial charge in [0.05, 0.1) is 43.3 Å². The van der Waals surface area contributed by atoms with Crippen LogP contribution in [0.5, 0.6) is 11.5 Å². The minimum Gasteiger partial charge on any atom is -0.486 e. The van der Waals surface area contributed by atoms with Crippen molar-refractivity contribution < 1.29 is 46.2 Å². The van der Waals surface area contributed by atoms with E-state index in [0.717, 1.165) is 29.8 Å². The van der Waals surface area contributed by atoms with Gasteiger partial charge >= 0.3 is 6.09 Å². The third-order valence-corrected chi connectivity index (χ3v) is 13.5. The average molecular weight is 997 g/mol. The van der Waals surface area contributed by atoms with Crippen molar-refractivity contribution in [3.63, 3.8) is 0 Å². The maximum atomic E-state index is 14.1. The van der Waals surface area contributed by atoms with E-state index in [1.807, 2.05) is 81.7 Å². The van der Waals surface area contributed by atoms with E-state index < -0.39 is 70.5 Å². The minimum absolute atomic E-state index is 0.0613. The summed E-state index contributed by atoms with van der Waals surface area (Å²) < 4.78 is 72.4. The SMILES string of the molecule is CC(C)(C)[C@H](N)C(=O)N1CC[C@@H]2[C@H]1[C@@H](Oc1ccc(F)c(F)c1)CN2c1ncccn1.CC(C)(C)[C@H](NC(=O)OCc1ccccc1)C(=O)N1CC[C@@H]2[C@H]1[C@@H](Oc1ccc(F)c(F)c1)CN2c1ncccn1. The average Bonchev–Trinajstić information content (AvgIpc) is 4.15. The van der Waals surface area contributed by atoms with Crippen LogP contribution in [0.3, 0.4) is 0 Å². The molecule has 8 atom stereocenters. The van der Waals surface area contributed by atoms with Gasteiger partial charge in [-0.15, -0.1) is 0 Å². The van der Waals surface area contributed by atoms with Crippen LogP contribution in [-0.2, 0) is 20.9 Å². The third-order valence-electron chi connectivity index (χ3n) is 13.5. The van der Waals surface area contributed by atoms with Gasteiger partial charge in [0.2, 0.25) is 23.7 Å². The fourth-order valence-electron chi connectivity index (χ4n) is 9.81. The van der Waals surface area contributed by atoms with Crippen LogP contribution in [0, 0.1) is 34.1 Å². The van der Waals surface area contributed by atoms with Crippen molar-refractivity contribution in [2.24, 2.45) is 16.6 Å². The molecule has 2 aromatic heterocycles. The number of alkyl carbamates (subject to hydrolysis) is 1. The monoisotopic (exact) mass is 996 g/mol. The van der Waals surface area contributed by atoms with E-state index in [2.05, 4.69) is 25.3 Å². The lowest BCUT2D eigenvalue weighted by Gasteiger charge is -2.36. The summed E-state index contributed by atoms with van der Waals surface area (Å²) in [7, 11) is 0. The molecular formula is C52H60F4N10O6. The molecule has 0 aliphatic carbocycles. The van der Waals surface area contributed by atoms with Gasteiger partial charge in [0.1, 0.15) is 36.4 Å². The molecular weight excluding hydrogens is 937 g/mol. The normalized spacial score (nSPS) is 22.3. The van der Waals surface area contributed by atoms with Crippen molar-refractivity contribution in [1.29, 1.82) is 0 Å². The lowest BCUT2D eigenvalue weighted by atomic mass is 9.85. The number of aromatic nitrogens is 4. The zero-order chi connectivity index (χ0) is 51.5. The van der Waals surface area contributed by atoms with Gasteiger partial charge in [0.15, 0.2) is 23.3 Å². The van der Waals surface area contributed by atoms with Crippen LogP contribution in [0.15, 0.2) is 104 Å². The summed E-state index contributed by atoms with van der Waals surface area (Å²) in [6.45, 7) is 13.1. The number of nitrogens with one attached hydrogen (secondary N) is 1. The largest absolute Gasteiger partial charge is 0.486 e. The number of ether oxygens (including phenoxy) is 3. The van der Waals surface area contributed by atoms with Gasteiger partial charge in [-0.1, -0.05) is 71.9 Å². The number of amides is 3. The number of benzene rings is 3. The molecule has 72 heavy (non-hydrogen) atoms. The van der Waals surface area contributed by atoms with Gasteiger partial charge in [-0.3, -0.25) is 9.59 Å². The number of hydrogen-bond donors (Lipinski definition) is 2. The third kappa shape index (κ3) is 11.3. The van der Waals surface area contributed by atoms with Gasteiger partial charge in [-0.2, -0.15) is 0 Å². The Bertz CT molecular complexity index is 2680. The van der Waals surface area contributed by atoms with Crippen molar-refractivity contribution in [2.75, 3.05) is 36.0 Å². The quantitative estimate of drug-likeness (QED) is 0.134. The van der Waals surface area contributed by atoms with Crippen LogP contribution in [0.1, 0.15) is 59.9 Å². The maximum Gasteiger partial charge on any atom is 0.408 e. The molecule has 6 heterocycles. The number of likely N-dealkylation sites (tertiary alicyclic amines) is 2. The first-order valence-electron chi connectivity index (χ1n) is 23.9. The number of hydrogen-bond acceptors (Lipinski definition) is 13. The Hall–Kier alpha value is -7.09. The van der Waals surface area contributed by atoms with Crippen molar-refractivity contribution >= 4 is 29.8 Å². The van der Waals surface area contributed by atoms with Gasteiger partial charge in [0.25, 0.3) is 0 Å². The Morgan fingerprint density at radius 3 is 1.53 bits per heavy atom. The van der Waals surface area contributed by atoms with E-state index >= 15 is 0 Å². The molecule has 382 valence electrons. The van der Waals surface area contributed by atoms with Crippen molar-refractivity contribution in [3.05, 3.63) is 132 Å². The van der Waals surface area contributed by atoms with Crippen LogP contribution in [-0.4, -0.2) is 122 Å². The summed E-state index contributed by atoms with van der Waals surface area (Å²) in [6, 6.07) is 17.0. The molecule has 0 unspecified atom stereocenters. The van der Waals surface area contributed by atoms with Crippen LogP contribution < -0.4 is 30.3 Å². The molecule has 0 saturated carbocycles. The zero-order valence-corrected chi connectivity index (χ0v) is 41.0. The number of anilines is 2. The van der Waals surface area contributed by atoms with Crippen LogP contribution in [0.4, 0.5) is 34.3 Å². The second-order valence-electron chi connectivity index (χ2n) is 20.5. The Kier molecular flexibility index (Phi) is 15.2. The van der Waals surface area contributed by atoms with Crippen molar-refractivity contribution in [3.8, 4) is 11.5 Å². The number of nitrogens with zero attached hydrogens (tertiary/aromatic N) is 8. The number of carbonyl (C=O) groups excluding carboxylic acids is 3. The van der Waals surface area contributed by atoms with Crippen LogP contribution >= 0.6 is 0 Å². The molecule has 4 saturated heterocycles. The van der Waals surface area contributed by atoms with E-state index in [-0.39, 0.29) is 48.0 Å². The van der Waals surface area contributed by atoms with Crippen molar-refractivity contribution in [2.45, 2.75) is 109 Å². The molecule has 4 fully saturated rings. The Balaban J connectivity index is 0.000000200. The Morgan fingerprint density at radius 1 is 0.639 bits per heavy atom. The van der Waals surface area contributed by atoms with Gasteiger partial charge < -0.3 is 44.9 Å². The number of carbonyl (C=O) groups is 3. The Labute approximate surface area is 415 Å².